The number of benzene rings is 1. The molecular weight excluding hydrogens is 166 g/mol. The van der Waals surface area contributed by atoms with Gasteiger partial charge in [0.25, 0.3) is 0 Å². The third kappa shape index (κ3) is 2.05. The van der Waals surface area contributed by atoms with Gasteiger partial charge in [-0.15, -0.1) is 0 Å². The lowest BCUT2D eigenvalue weighted by molar-refractivity contribution is 0.0304. The maximum absolute atomic E-state index is 9.51. The van der Waals surface area contributed by atoms with Gasteiger partial charge in [-0.05, 0) is 13.0 Å². The summed E-state index contributed by atoms with van der Waals surface area (Å²) in [7, 11) is 0. The molecule has 3 nitrogen and oxygen atoms in total. The number of hydrogen-bond donors (Lipinski definition) is 2. The van der Waals surface area contributed by atoms with Crippen molar-refractivity contribution >= 4 is 0 Å². The van der Waals surface area contributed by atoms with Crippen molar-refractivity contribution in [3.05, 3.63) is 35.4 Å². The molecule has 2 unspecified atom stereocenters. The van der Waals surface area contributed by atoms with Gasteiger partial charge in [-0.2, -0.15) is 5.26 Å². The van der Waals surface area contributed by atoms with Crippen LogP contribution in [0, 0.1) is 11.3 Å². The third-order valence-corrected chi connectivity index (χ3v) is 1.86. The molecule has 0 saturated carbocycles. The Balaban J connectivity index is 3.07. The van der Waals surface area contributed by atoms with E-state index in [-0.39, 0.29) is 0 Å². The van der Waals surface area contributed by atoms with E-state index in [2.05, 4.69) is 0 Å². The molecule has 0 heterocycles. The molecule has 1 aromatic carbocycles. The van der Waals surface area contributed by atoms with Crippen LogP contribution in [0.25, 0.3) is 0 Å². The highest BCUT2D eigenvalue weighted by atomic mass is 16.3. The van der Waals surface area contributed by atoms with Crippen LogP contribution in [0.1, 0.15) is 24.2 Å². The average molecular weight is 177 g/mol. The Kier molecular flexibility index (Phi) is 3.02. The van der Waals surface area contributed by atoms with Gasteiger partial charge in [-0.3, -0.25) is 0 Å². The lowest BCUT2D eigenvalue weighted by atomic mass is 10.0. The van der Waals surface area contributed by atoms with Crippen LogP contribution in [0.4, 0.5) is 0 Å². The first-order chi connectivity index (χ1) is 6.16. The zero-order valence-corrected chi connectivity index (χ0v) is 7.31. The summed E-state index contributed by atoms with van der Waals surface area (Å²) in [6, 6.07) is 8.65. The normalized spacial score (nSPS) is 14.6. The molecule has 1 aromatic rings. The topological polar surface area (TPSA) is 64.2 Å². The smallest absolute Gasteiger partial charge is 0.106 e. The van der Waals surface area contributed by atoms with E-state index in [0.717, 1.165) is 0 Å². The molecule has 68 valence electrons. The minimum absolute atomic E-state index is 0.399. The third-order valence-electron chi connectivity index (χ3n) is 1.86. The highest BCUT2D eigenvalue weighted by Gasteiger charge is 2.16. The first-order valence-corrected chi connectivity index (χ1v) is 4.02. The minimum Gasteiger partial charge on any atom is -0.390 e. The van der Waals surface area contributed by atoms with Crippen molar-refractivity contribution in [2.45, 2.75) is 19.1 Å². The summed E-state index contributed by atoms with van der Waals surface area (Å²) in [5.74, 6) is 0. The largest absolute Gasteiger partial charge is 0.390 e. The first-order valence-electron chi connectivity index (χ1n) is 4.02. The van der Waals surface area contributed by atoms with E-state index in [1.165, 1.54) is 6.92 Å². The number of rotatable bonds is 2. The molecule has 0 fully saturated rings. The van der Waals surface area contributed by atoms with Crippen molar-refractivity contribution in [2.75, 3.05) is 0 Å². The molecule has 0 amide bonds. The van der Waals surface area contributed by atoms with E-state index >= 15 is 0 Å². The second-order valence-corrected chi connectivity index (χ2v) is 2.88. The molecular formula is C10H11NO2. The predicted molar refractivity (Wildman–Crippen MR) is 47.8 cm³/mol. The van der Waals surface area contributed by atoms with Crippen LogP contribution >= 0.6 is 0 Å². The Bertz CT molecular complexity index is 328. The quantitative estimate of drug-likeness (QED) is 0.707. The Morgan fingerprint density at radius 3 is 2.46 bits per heavy atom. The summed E-state index contributed by atoms with van der Waals surface area (Å²) in [6.45, 7) is 1.48. The molecule has 0 aliphatic carbocycles. The second kappa shape index (κ2) is 4.04. The number of nitrogens with zero attached hydrogens (tertiary/aromatic N) is 1. The summed E-state index contributed by atoms with van der Waals surface area (Å²) < 4.78 is 0. The van der Waals surface area contributed by atoms with Crippen LogP contribution in [0.15, 0.2) is 24.3 Å². The van der Waals surface area contributed by atoms with Crippen molar-refractivity contribution in [2.24, 2.45) is 0 Å². The van der Waals surface area contributed by atoms with Crippen molar-refractivity contribution in [1.82, 2.24) is 0 Å². The Morgan fingerprint density at radius 2 is 1.92 bits per heavy atom. The number of aliphatic hydroxyl groups is 2. The maximum Gasteiger partial charge on any atom is 0.106 e. The average Bonchev–Trinajstić information content (AvgIpc) is 2.16. The van der Waals surface area contributed by atoms with Gasteiger partial charge in [-0.1, -0.05) is 18.2 Å². The number of aliphatic hydroxyl groups excluding tert-OH is 2. The van der Waals surface area contributed by atoms with Gasteiger partial charge in [0.05, 0.1) is 17.7 Å². The van der Waals surface area contributed by atoms with E-state index in [1.807, 2.05) is 6.07 Å². The van der Waals surface area contributed by atoms with Crippen molar-refractivity contribution in [1.29, 1.82) is 5.26 Å². The molecule has 13 heavy (non-hydrogen) atoms. The van der Waals surface area contributed by atoms with E-state index in [4.69, 9.17) is 10.4 Å². The van der Waals surface area contributed by atoms with E-state index in [0.29, 0.717) is 11.1 Å². The van der Waals surface area contributed by atoms with Crippen molar-refractivity contribution in [3.63, 3.8) is 0 Å². The zero-order chi connectivity index (χ0) is 9.84. The molecule has 0 radical (unpaired) electrons. The highest BCUT2D eigenvalue weighted by Crippen LogP contribution is 2.19. The molecule has 0 saturated heterocycles. The number of hydrogen-bond acceptors (Lipinski definition) is 3. The second-order valence-electron chi connectivity index (χ2n) is 2.88. The van der Waals surface area contributed by atoms with Crippen LogP contribution in [0.2, 0.25) is 0 Å². The highest BCUT2D eigenvalue weighted by molar-refractivity contribution is 5.38. The van der Waals surface area contributed by atoms with Crippen LogP contribution in [-0.2, 0) is 0 Å². The molecule has 0 aliphatic rings. The fourth-order valence-corrected chi connectivity index (χ4v) is 1.12. The van der Waals surface area contributed by atoms with Crippen molar-refractivity contribution in [3.8, 4) is 6.07 Å². The molecule has 0 bridgehead atoms. The lowest BCUT2D eigenvalue weighted by Crippen LogP contribution is -2.14. The van der Waals surface area contributed by atoms with Gasteiger partial charge >= 0.3 is 0 Å². The zero-order valence-electron chi connectivity index (χ0n) is 7.31. The SMILES string of the molecule is CC(O)C(O)c1ccccc1C#N. The summed E-state index contributed by atoms with van der Waals surface area (Å²) in [4.78, 5) is 0. The molecule has 3 heteroatoms. The molecule has 2 N–H and O–H groups in total. The van der Waals surface area contributed by atoms with Gasteiger partial charge in [0, 0.05) is 5.56 Å². The molecule has 1 rings (SSSR count). The van der Waals surface area contributed by atoms with Gasteiger partial charge in [-0.25, -0.2) is 0 Å². The summed E-state index contributed by atoms with van der Waals surface area (Å²) in [5, 5.41) is 27.3. The minimum atomic E-state index is -0.990. The Morgan fingerprint density at radius 1 is 1.31 bits per heavy atom. The molecule has 0 spiro atoms. The van der Waals surface area contributed by atoms with Crippen LogP contribution in [-0.4, -0.2) is 16.3 Å². The molecule has 2 atom stereocenters. The van der Waals surface area contributed by atoms with Gasteiger partial charge < -0.3 is 10.2 Å². The summed E-state index contributed by atoms with van der Waals surface area (Å²) >= 11 is 0. The monoisotopic (exact) mass is 177 g/mol. The van der Waals surface area contributed by atoms with E-state index in [1.54, 1.807) is 24.3 Å². The Labute approximate surface area is 76.9 Å². The van der Waals surface area contributed by atoms with Gasteiger partial charge in [0.2, 0.25) is 0 Å². The summed E-state index contributed by atoms with van der Waals surface area (Å²) in [5.41, 5.74) is 0.871. The number of nitriles is 1. The maximum atomic E-state index is 9.51. The lowest BCUT2D eigenvalue weighted by Gasteiger charge is -2.14. The predicted octanol–water partition coefficient (Wildman–Crippen LogP) is 0.972. The molecule has 0 aliphatic heterocycles. The fourth-order valence-electron chi connectivity index (χ4n) is 1.12. The van der Waals surface area contributed by atoms with Gasteiger partial charge in [0.15, 0.2) is 0 Å². The standard InChI is InChI=1S/C10H11NO2/c1-7(12)10(13)9-5-3-2-4-8(9)6-11/h2-5,7,10,12-13H,1H3. The van der Waals surface area contributed by atoms with Crippen LogP contribution in [0.3, 0.4) is 0 Å². The van der Waals surface area contributed by atoms with E-state index < -0.39 is 12.2 Å². The van der Waals surface area contributed by atoms with Crippen LogP contribution < -0.4 is 0 Å². The fraction of sp³-hybridized carbons (Fsp3) is 0.300. The summed E-state index contributed by atoms with van der Waals surface area (Å²) in [6.07, 6.45) is -1.86. The first kappa shape index (κ1) is 9.72. The molecule has 0 aromatic heterocycles. The van der Waals surface area contributed by atoms with Crippen molar-refractivity contribution < 1.29 is 10.2 Å². The van der Waals surface area contributed by atoms with Crippen LogP contribution in [0.5, 0.6) is 0 Å². The van der Waals surface area contributed by atoms with E-state index in [9.17, 15) is 5.11 Å². The van der Waals surface area contributed by atoms with Gasteiger partial charge in [0.1, 0.15) is 6.10 Å². The Hall–Kier alpha value is -1.37.